The van der Waals surface area contributed by atoms with E-state index >= 15 is 0 Å². The van der Waals surface area contributed by atoms with Crippen molar-refractivity contribution in [1.82, 2.24) is 4.90 Å². The fraction of sp³-hybridized carbons (Fsp3) is 0.412. The number of amides is 2. The lowest BCUT2D eigenvalue weighted by atomic mass is 9.82. The maximum atomic E-state index is 13.8. The Labute approximate surface area is 233 Å². The molecule has 0 aliphatic carbocycles. The third-order valence-corrected chi connectivity index (χ3v) is 7.59. The molecule has 0 bridgehead atoms. The van der Waals surface area contributed by atoms with Gasteiger partial charge in [0.25, 0.3) is 5.91 Å². The lowest BCUT2D eigenvalue weighted by molar-refractivity contribution is -0.123. The Kier molecular flexibility index (Phi) is 8.60. The van der Waals surface area contributed by atoms with Gasteiger partial charge >= 0.3 is 0 Å². The molecule has 0 saturated carbocycles. The maximum Gasteiger partial charge on any atom is 0.254 e. The molecule has 2 atom stereocenters. The predicted molar refractivity (Wildman–Crippen MR) is 158 cm³/mol. The summed E-state index contributed by atoms with van der Waals surface area (Å²) in [6.07, 6.45) is 2.88. The van der Waals surface area contributed by atoms with Crippen molar-refractivity contribution in [3.63, 3.8) is 0 Å². The number of nitrogens with zero attached hydrogens (tertiary/aromatic N) is 1. The number of nitrogens with one attached hydrogen (secondary N) is 1. The van der Waals surface area contributed by atoms with E-state index in [9.17, 15) is 14.7 Å². The summed E-state index contributed by atoms with van der Waals surface area (Å²) in [6, 6.07) is 25.2. The van der Waals surface area contributed by atoms with Gasteiger partial charge in [0.2, 0.25) is 5.91 Å². The van der Waals surface area contributed by atoms with Gasteiger partial charge < -0.3 is 15.3 Å². The Bertz CT molecular complexity index is 1270. The van der Waals surface area contributed by atoms with Gasteiger partial charge in [-0.25, -0.2) is 0 Å². The number of aliphatic hydroxyl groups is 1. The Balaban J connectivity index is 1.64. The molecule has 4 rings (SSSR count). The average Bonchev–Trinajstić information content (AvgIpc) is 2.91. The second-order valence-corrected chi connectivity index (χ2v) is 12.4. The Morgan fingerprint density at radius 1 is 0.923 bits per heavy atom. The molecule has 1 heterocycles. The summed E-state index contributed by atoms with van der Waals surface area (Å²) < 4.78 is 0. The fourth-order valence-electron chi connectivity index (χ4n) is 5.29. The maximum absolute atomic E-state index is 13.8. The Morgan fingerprint density at radius 3 is 2.26 bits per heavy atom. The molecular weight excluding hydrogens is 484 g/mol. The number of aryl methyl sites for hydroxylation is 1. The van der Waals surface area contributed by atoms with Crippen molar-refractivity contribution in [1.29, 1.82) is 0 Å². The van der Waals surface area contributed by atoms with Crippen LogP contribution in [0.15, 0.2) is 78.9 Å². The van der Waals surface area contributed by atoms with Gasteiger partial charge in [-0.15, -0.1) is 0 Å². The van der Waals surface area contributed by atoms with Crippen LogP contribution < -0.4 is 5.32 Å². The highest BCUT2D eigenvalue weighted by molar-refractivity contribution is 5.97. The zero-order chi connectivity index (χ0) is 28.2. The molecule has 0 aromatic heterocycles. The van der Waals surface area contributed by atoms with Gasteiger partial charge in [0.15, 0.2) is 0 Å². The topological polar surface area (TPSA) is 69.6 Å². The van der Waals surface area contributed by atoms with E-state index in [0.29, 0.717) is 24.9 Å². The molecular formula is C34H42N2O3. The van der Waals surface area contributed by atoms with Crippen molar-refractivity contribution < 1.29 is 14.7 Å². The number of benzene rings is 3. The second kappa shape index (κ2) is 11.7. The third kappa shape index (κ3) is 7.36. The van der Waals surface area contributed by atoms with Crippen molar-refractivity contribution in [3.8, 4) is 0 Å². The number of hydrogen-bond acceptors (Lipinski definition) is 3. The van der Waals surface area contributed by atoms with Crippen LogP contribution in [-0.4, -0.2) is 34.0 Å². The molecule has 206 valence electrons. The molecule has 1 aliphatic heterocycles. The molecule has 0 spiro atoms. The summed E-state index contributed by atoms with van der Waals surface area (Å²) in [5, 5.41) is 13.3. The Morgan fingerprint density at radius 2 is 1.62 bits per heavy atom. The number of hydrogen-bond donors (Lipinski definition) is 2. The first-order valence-corrected chi connectivity index (χ1v) is 14.0. The third-order valence-electron chi connectivity index (χ3n) is 7.59. The minimum Gasteiger partial charge on any atom is -0.390 e. The number of carbonyl (C=O) groups excluding carboxylic acids is 2. The minimum absolute atomic E-state index is 0.0278. The summed E-state index contributed by atoms with van der Waals surface area (Å²) >= 11 is 0. The summed E-state index contributed by atoms with van der Waals surface area (Å²) in [5.74, 6) is -0.506. The van der Waals surface area contributed by atoms with Crippen LogP contribution in [0.4, 0.5) is 5.69 Å². The first-order chi connectivity index (χ1) is 18.4. The molecule has 0 radical (unpaired) electrons. The van der Waals surface area contributed by atoms with Crippen LogP contribution in [0.2, 0.25) is 0 Å². The molecule has 5 nitrogen and oxygen atoms in total. The molecule has 2 N–H and O–H groups in total. The van der Waals surface area contributed by atoms with Crippen molar-refractivity contribution in [2.75, 3.05) is 11.9 Å². The number of carbonyl (C=O) groups is 2. The van der Waals surface area contributed by atoms with Crippen molar-refractivity contribution >= 4 is 17.5 Å². The summed E-state index contributed by atoms with van der Waals surface area (Å²) in [6.45, 7) is 10.7. The number of piperidine rings is 1. The number of anilines is 1. The average molecular weight is 527 g/mol. The van der Waals surface area contributed by atoms with Crippen LogP contribution in [0.1, 0.15) is 87.0 Å². The minimum atomic E-state index is -0.728. The molecule has 1 saturated heterocycles. The van der Waals surface area contributed by atoms with Gasteiger partial charge in [0.05, 0.1) is 17.6 Å². The van der Waals surface area contributed by atoms with Gasteiger partial charge in [-0.2, -0.15) is 0 Å². The van der Waals surface area contributed by atoms with E-state index in [4.69, 9.17) is 0 Å². The van der Waals surface area contributed by atoms with E-state index in [0.717, 1.165) is 35.2 Å². The highest BCUT2D eigenvalue weighted by Gasteiger charge is 2.39. The number of rotatable bonds is 7. The Hall–Kier alpha value is -3.44. The first kappa shape index (κ1) is 28.6. The molecule has 39 heavy (non-hydrogen) atoms. The van der Waals surface area contributed by atoms with Crippen LogP contribution in [0, 0.1) is 5.92 Å². The largest absolute Gasteiger partial charge is 0.390 e. The SMILES string of the molecule is CC(C)(O)CCc1ccc([C@H]2[C@@H](C(=O)Nc3cccc(C(C)(C)C)c3)CCCN2C(=O)c2ccccc2)cc1. The van der Waals surface area contributed by atoms with Crippen LogP contribution in [0.3, 0.4) is 0 Å². The van der Waals surface area contributed by atoms with E-state index in [2.05, 4.69) is 44.3 Å². The monoisotopic (exact) mass is 526 g/mol. The van der Waals surface area contributed by atoms with Crippen molar-refractivity contribution in [2.24, 2.45) is 5.92 Å². The highest BCUT2D eigenvalue weighted by atomic mass is 16.3. The van der Waals surface area contributed by atoms with E-state index in [1.165, 1.54) is 0 Å². The molecule has 3 aromatic rings. The molecule has 5 heteroatoms. The van der Waals surface area contributed by atoms with E-state index < -0.39 is 5.60 Å². The normalized spacial score (nSPS) is 18.1. The summed E-state index contributed by atoms with van der Waals surface area (Å²) in [5.41, 5.74) is 3.88. The van der Waals surface area contributed by atoms with Gasteiger partial charge in [-0.05, 0) is 85.9 Å². The van der Waals surface area contributed by atoms with Crippen molar-refractivity contribution in [3.05, 3.63) is 101 Å². The molecule has 0 unspecified atom stereocenters. The quantitative estimate of drug-likeness (QED) is 0.351. The van der Waals surface area contributed by atoms with Crippen LogP contribution in [-0.2, 0) is 16.6 Å². The smallest absolute Gasteiger partial charge is 0.254 e. The molecule has 1 fully saturated rings. The van der Waals surface area contributed by atoms with Crippen LogP contribution in [0.5, 0.6) is 0 Å². The van der Waals surface area contributed by atoms with Crippen molar-refractivity contribution in [2.45, 2.75) is 77.4 Å². The standard InChI is InChI=1S/C34H42N2O3/c1-33(2,3)27-13-9-14-28(23-27)35-31(37)29-15-10-22-36(32(38)26-11-7-6-8-12-26)30(29)25-18-16-24(17-19-25)20-21-34(4,5)39/h6-9,11-14,16-19,23,29-30,39H,10,15,20-22H2,1-5H3,(H,35,37)/t29-,30-/m0/s1. The molecule has 3 aromatic carbocycles. The lowest BCUT2D eigenvalue weighted by Crippen LogP contribution is -2.46. The lowest BCUT2D eigenvalue weighted by Gasteiger charge is -2.41. The fourth-order valence-corrected chi connectivity index (χ4v) is 5.29. The first-order valence-electron chi connectivity index (χ1n) is 14.0. The summed E-state index contributed by atoms with van der Waals surface area (Å²) in [7, 11) is 0. The zero-order valence-electron chi connectivity index (χ0n) is 23.9. The van der Waals surface area contributed by atoms with Gasteiger partial charge in [-0.3, -0.25) is 9.59 Å². The van der Waals surface area contributed by atoms with E-state index in [-0.39, 0.29) is 29.2 Å². The molecule has 1 aliphatic rings. The van der Waals surface area contributed by atoms with E-state index in [1.807, 2.05) is 79.4 Å². The van der Waals surface area contributed by atoms with Crippen LogP contribution in [0.25, 0.3) is 0 Å². The van der Waals surface area contributed by atoms with Crippen LogP contribution >= 0.6 is 0 Å². The van der Waals surface area contributed by atoms with E-state index in [1.54, 1.807) is 0 Å². The second-order valence-electron chi connectivity index (χ2n) is 12.4. The van der Waals surface area contributed by atoms with Gasteiger partial charge in [-0.1, -0.05) is 75.4 Å². The predicted octanol–water partition coefficient (Wildman–Crippen LogP) is 6.92. The summed E-state index contributed by atoms with van der Waals surface area (Å²) in [4.78, 5) is 29.4. The van der Waals surface area contributed by atoms with Gasteiger partial charge in [0, 0.05) is 17.8 Å². The molecule has 2 amide bonds. The zero-order valence-corrected chi connectivity index (χ0v) is 23.9. The number of likely N-dealkylation sites (tertiary alicyclic amines) is 1. The highest BCUT2D eigenvalue weighted by Crippen LogP contribution is 2.38. The van der Waals surface area contributed by atoms with Gasteiger partial charge in [0.1, 0.15) is 0 Å².